The topological polar surface area (TPSA) is 210 Å². The summed E-state index contributed by atoms with van der Waals surface area (Å²) in [6, 6.07) is 58.0. The van der Waals surface area contributed by atoms with Crippen molar-refractivity contribution in [2.75, 3.05) is 0 Å². The summed E-state index contributed by atoms with van der Waals surface area (Å²) in [5.41, 5.74) is 10.6. The monoisotopic (exact) mass is 1250 g/mol. The van der Waals surface area contributed by atoms with Crippen LogP contribution in [0.3, 0.4) is 0 Å². The highest BCUT2D eigenvalue weighted by molar-refractivity contribution is 5.90. The molecule has 0 aliphatic rings. The Morgan fingerprint density at radius 3 is 0.634 bits per heavy atom. The normalized spacial score (nSPS) is 9.80. The molecular formula is C77H66O16. The van der Waals surface area contributed by atoms with E-state index in [1.54, 1.807) is 93.6 Å². The van der Waals surface area contributed by atoms with Crippen LogP contribution in [-0.4, -0.2) is 47.8 Å². The van der Waals surface area contributed by atoms with Gasteiger partial charge in [-0.1, -0.05) is 174 Å². The molecule has 0 radical (unpaired) electrons. The predicted molar refractivity (Wildman–Crippen MR) is 356 cm³/mol. The highest BCUT2D eigenvalue weighted by Crippen LogP contribution is 2.29. The molecule has 16 heteroatoms. The van der Waals surface area contributed by atoms with Crippen LogP contribution in [0.2, 0.25) is 0 Å². The van der Waals surface area contributed by atoms with Gasteiger partial charge < -0.3 is 37.9 Å². The largest absolute Gasteiger partial charge is 0.458 e. The molecule has 0 aliphatic carbocycles. The molecule has 0 spiro atoms. The van der Waals surface area contributed by atoms with E-state index in [9.17, 15) is 38.4 Å². The van der Waals surface area contributed by atoms with Gasteiger partial charge in [-0.2, -0.15) is 0 Å². The van der Waals surface area contributed by atoms with Crippen LogP contribution in [0.1, 0.15) is 31.9 Å². The molecule has 93 heavy (non-hydrogen) atoms. The van der Waals surface area contributed by atoms with Gasteiger partial charge in [0.15, 0.2) is 0 Å². The third-order valence-electron chi connectivity index (χ3n) is 12.3. The van der Waals surface area contributed by atoms with Gasteiger partial charge in [-0.05, 0) is 149 Å². The number of hydrogen-bond donors (Lipinski definition) is 0. The molecule has 8 rings (SSSR count). The van der Waals surface area contributed by atoms with Crippen molar-refractivity contribution in [2.24, 2.45) is 0 Å². The number of esters is 8. The van der Waals surface area contributed by atoms with Crippen LogP contribution in [0.4, 0.5) is 0 Å². The Morgan fingerprint density at radius 2 is 0.441 bits per heavy atom. The molecule has 470 valence electrons. The molecule has 0 atom stereocenters. The third-order valence-corrected chi connectivity index (χ3v) is 12.3. The standard InChI is InChI=1S/C21H20O4.2C19H16O4.C18H14O4/c1-14(2)20(22)24-13-16-5-7-17(8-6-16)18-9-11-19(12-10-18)25-21(23)15(3)4;1-4-18(20)22-16-9-5-14(6-10-16)15-7-11-17(12-8-15)23-19(21)13(2)3;1-3-18(20)22-13-14-5-7-15(8-6-14)16-9-11-17(12-10-16)23-19(21)4-2;1-3-17(19)21-15-9-5-13(6-10-15)14-7-11-16(12-8-14)22-18(20)4-2/h5-12H,1,3,13H2,2,4H3;4-12H,1-2H2,3H3;3-12H,1-2,13H2;3-12H,1-2H2. The van der Waals surface area contributed by atoms with Crippen LogP contribution in [0.25, 0.3) is 44.5 Å². The van der Waals surface area contributed by atoms with E-state index in [1.165, 1.54) is 0 Å². The lowest BCUT2D eigenvalue weighted by Crippen LogP contribution is -2.07. The lowest BCUT2D eigenvalue weighted by molar-refractivity contribution is -0.140. The van der Waals surface area contributed by atoms with Crippen LogP contribution in [-0.2, 0) is 61.0 Å². The summed E-state index contributed by atoms with van der Waals surface area (Å²) in [4.78, 5) is 89.8. The number of carbonyl (C=O) groups excluding carboxylic acids is 8. The third kappa shape index (κ3) is 24.5. The zero-order valence-electron chi connectivity index (χ0n) is 51.5. The summed E-state index contributed by atoms with van der Waals surface area (Å²) in [5, 5.41) is 0. The van der Waals surface area contributed by atoms with Gasteiger partial charge in [0.25, 0.3) is 0 Å². The Kier molecular flexibility index (Phi) is 28.1. The Balaban J connectivity index is 0.000000225. The van der Waals surface area contributed by atoms with E-state index in [1.807, 2.05) is 121 Å². The molecule has 0 aromatic heterocycles. The van der Waals surface area contributed by atoms with Crippen molar-refractivity contribution in [3.05, 3.63) is 305 Å². The van der Waals surface area contributed by atoms with Gasteiger partial charge >= 0.3 is 47.8 Å². The van der Waals surface area contributed by atoms with Crippen LogP contribution in [0, 0.1) is 0 Å². The number of benzene rings is 8. The van der Waals surface area contributed by atoms with Gasteiger partial charge in [-0.15, -0.1) is 0 Å². The summed E-state index contributed by atoms with van der Waals surface area (Å²) in [5.74, 6) is -0.985. The first-order valence-electron chi connectivity index (χ1n) is 28.1. The van der Waals surface area contributed by atoms with Gasteiger partial charge in [0, 0.05) is 47.1 Å². The highest BCUT2D eigenvalue weighted by Gasteiger charge is 2.11. The quantitative estimate of drug-likeness (QED) is 0.0351. The van der Waals surface area contributed by atoms with E-state index < -0.39 is 47.8 Å². The fourth-order valence-corrected chi connectivity index (χ4v) is 7.38. The molecule has 0 heterocycles. The molecule has 0 amide bonds. The number of ether oxygens (including phenoxy) is 8. The summed E-state index contributed by atoms with van der Waals surface area (Å²) in [7, 11) is 0. The van der Waals surface area contributed by atoms with E-state index in [4.69, 9.17) is 37.9 Å². The minimum absolute atomic E-state index is 0.210. The average molecular weight is 1250 g/mol. The number of hydrogen-bond acceptors (Lipinski definition) is 16. The molecular weight excluding hydrogens is 1180 g/mol. The van der Waals surface area contributed by atoms with E-state index in [0.29, 0.717) is 51.2 Å². The van der Waals surface area contributed by atoms with Crippen molar-refractivity contribution in [3.8, 4) is 79.0 Å². The Bertz CT molecular complexity index is 3940. The molecule has 0 N–H and O–H groups in total. The van der Waals surface area contributed by atoms with E-state index >= 15 is 0 Å². The summed E-state index contributed by atoms with van der Waals surface area (Å²) < 4.78 is 40.4. The van der Waals surface area contributed by atoms with Crippen LogP contribution in [0.5, 0.6) is 34.5 Å². The molecule has 16 nitrogen and oxygen atoms in total. The van der Waals surface area contributed by atoms with Crippen molar-refractivity contribution in [2.45, 2.75) is 34.0 Å². The van der Waals surface area contributed by atoms with Crippen molar-refractivity contribution in [1.82, 2.24) is 0 Å². The van der Waals surface area contributed by atoms with Crippen LogP contribution >= 0.6 is 0 Å². The highest BCUT2D eigenvalue weighted by atomic mass is 16.6. The second-order valence-corrected chi connectivity index (χ2v) is 19.5. The Morgan fingerprint density at radius 1 is 0.258 bits per heavy atom. The van der Waals surface area contributed by atoms with Crippen molar-refractivity contribution >= 4 is 47.8 Å². The summed E-state index contributed by atoms with van der Waals surface area (Å²) in [6.07, 6.45) is 5.58. The van der Waals surface area contributed by atoms with Crippen LogP contribution < -0.4 is 28.4 Å². The fourth-order valence-electron chi connectivity index (χ4n) is 7.38. The zero-order valence-corrected chi connectivity index (χ0v) is 51.5. The molecule has 0 saturated heterocycles. The lowest BCUT2D eigenvalue weighted by atomic mass is 10.0. The zero-order chi connectivity index (χ0) is 67.8. The first-order valence-corrected chi connectivity index (χ1v) is 28.1. The van der Waals surface area contributed by atoms with E-state index in [0.717, 1.165) is 86.0 Å². The van der Waals surface area contributed by atoms with Gasteiger partial charge in [0.05, 0.1) is 0 Å². The van der Waals surface area contributed by atoms with Crippen molar-refractivity contribution in [1.29, 1.82) is 0 Å². The van der Waals surface area contributed by atoms with E-state index in [2.05, 4.69) is 52.6 Å². The summed E-state index contributed by atoms with van der Waals surface area (Å²) >= 11 is 0. The van der Waals surface area contributed by atoms with Crippen LogP contribution in [0.15, 0.2) is 294 Å². The van der Waals surface area contributed by atoms with Gasteiger partial charge in [-0.25, -0.2) is 38.4 Å². The summed E-state index contributed by atoms with van der Waals surface area (Å²) in [6.45, 7) is 32.6. The number of carbonyl (C=O) groups is 8. The van der Waals surface area contributed by atoms with Crippen molar-refractivity contribution in [3.63, 3.8) is 0 Å². The predicted octanol–water partition coefficient (Wildman–Crippen LogP) is 15.6. The molecule has 0 saturated carbocycles. The Labute approximate surface area is 539 Å². The molecule has 0 bridgehead atoms. The lowest BCUT2D eigenvalue weighted by Gasteiger charge is -2.07. The Hall–Kier alpha value is -12.6. The molecule has 8 aromatic rings. The van der Waals surface area contributed by atoms with Gasteiger partial charge in [0.2, 0.25) is 0 Å². The maximum atomic E-state index is 11.5. The first-order chi connectivity index (χ1) is 44.6. The van der Waals surface area contributed by atoms with Gasteiger partial charge in [-0.3, -0.25) is 0 Å². The second-order valence-electron chi connectivity index (χ2n) is 19.5. The maximum absolute atomic E-state index is 11.5. The SMILES string of the molecule is C=C(C)C(=O)OCc1ccc(-c2ccc(OC(=O)C(=C)C)cc2)cc1.C=CC(=O)OCc1ccc(-c2ccc(OC(=O)C=C)cc2)cc1.C=CC(=O)Oc1ccc(-c2ccc(OC(=O)C(=C)C)cc2)cc1.C=CC(=O)Oc1ccc(-c2ccc(OC(=O)C=C)cc2)cc1. The van der Waals surface area contributed by atoms with Gasteiger partial charge in [0.1, 0.15) is 47.7 Å². The molecule has 0 aliphatic heterocycles. The molecule has 8 aromatic carbocycles. The number of rotatable bonds is 22. The van der Waals surface area contributed by atoms with E-state index in [-0.39, 0.29) is 13.2 Å². The minimum Gasteiger partial charge on any atom is -0.458 e. The maximum Gasteiger partial charge on any atom is 0.338 e. The van der Waals surface area contributed by atoms with Crippen molar-refractivity contribution < 1.29 is 76.3 Å². The smallest absolute Gasteiger partial charge is 0.338 e. The molecule has 0 unspecified atom stereocenters. The molecule has 0 fully saturated rings. The first kappa shape index (κ1) is 71.2. The second kappa shape index (κ2) is 36.7. The minimum atomic E-state index is -0.499. The average Bonchev–Trinajstić information content (AvgIpc) is 1.93. The fraction of sp³-hybridized carbons (Fsp3) is 0.0649.